The average Bonchev–Trinajstić information content (AvgIpc) is 2.26. The molecule has 0 fully saturated rings. The lowest BCUT2D eigenvalue weighted by atomic mass is 10.2. The summed E-state index contributed by atoms with van der Waals surface area (Å²) in [6.45, 7) is -0.230. The number of halogens is 1. The number of aromatic nitrogens is 1. The van der Waals surface area contributed by atoms with Crippen molar-refractivity contribution in [3.63, 3.8) is 0 Å². The van der Waals surface area contributed by atoms with E-state index in [0.29, 0.717) is 5.82 Å². The van der Waals surface area contributed by atoms with Crippen molar-refractivity contribution in [1.29, 1.82) is 0 Å². The van der Waals surface area contributed by atoms with Gasteiger partial charge in [0.2, 0.25) is 5.91 Å². The summed E-state index contributed by atoms with van der Waals surface area (Å²) in [5.74, 6) is -0.580. The number of pyridine rings is 1. The van der Waals surface area contributed by atoms with E-state index < -0.39 is 11.8 Å². The van der Waals surface area contributed by atoms with Gasteiger partial charge in [-0.05, 0) is 6.07 Å². The van der Waals surface area contributed by atoms with Crippen LogP contribution < -0.4 is 16.4 Å². The average molecular weight is 243 g/mol. The van der Waals surface area contributed by atoms with Crippen LogP contribution in [0.5, 0.6) is 0 Å². The lowest BCUT2D eigenvalue weighted by Crippen LogP contribution is -2.33. The molecular weight excluding hydrogens is 232 g/mol. The van der Waals surface area contributed by atoms with Gasteiger partial charge in [-0.15, -0.1) is 0 Å². The normalized spacial score (nSPS) is 9.62. The van der Waals surface area contributed by atoms with Crippen LogP contribution in [-0.2, 0) is 4.79 Å². The molecule has 0 unspecified atom stereocenters. The quantitative estimate of drug-likeness (QED) is 0.692. The Kier molecular flexibility index (Phi) is 4.07. The minimum absolute atomic E-state index is 0.209. The van der Waals surface area contributed by atoms with Crippen molar-refractivity contribution in [1.82, 2.24) is 10.3 Å². The molecule has 0 atom stereocenters. The van der Waals surface area contributed by atoms with Crippen LogP contribution in [0.1, 0.15) is 10.4 Å². The SMILES string of the molecule is CNc1cc(C(=O)NCC(N)=O)c(Cl)cn1. The van der Waals surface area contributed by atoms with Gasteiger partial charge in [0.1, 0.15) is 5.82 Å². The van der Waals surface area contributed by atoms with Crippen LogP contribution in [0.4, 0.5) is 5.82 Å². The van der Waals surface area contributed by atoms with E-state index in [9.17, 15) is 9.59 Å². The lowest BCUT2D eigenvalue weighted by molar-refractivity contribution is -0.117. The summed E-state index contributed by atoms with van der Waals surface area (Å²) in [6, 6.07) is 1.48. The van der Waals surface area contributed by atoms with Crippen LogP contribution >= 0.6 is 11.6 Å². The predicted octanol–water partition coefficient (Wildman–Crippen LogP) is -0.00820. The Balaban J connectivity index is 2.85. The molecule has 0 saturated heterocycles. The van der Waals surface area contributed by atoms with E-state index in [2.05, 4.69) is 15.6 Å². The predicted molar refractivity (Wildman–Crippen MR) is 60.3 cm³/mol. The van der Waals surface area contributed by atoms with Crippen LogP contribution in [0.2, 0.25) is 5.02 Å². The number of nitrogens with zero attached hydrogens (tertiary/aromatic N) is 1. The number of carbonyl (C=O) groups excluding carboxylic acids is 2. The third-order valence-electron chi connectivity index (χ3n) is 1.78. The minimum Gasteiger partial charge on any atom is -0.373 e. The fourth-order valence-electron chi connectivity index (χ4n) is 1.01. The molecular formula is C9H11ClN4O2. The highest BCUT2D eigenvalue weighted by molar-refractivity contribution is 6.33. The molecule has 1 heterocycles. The van der Waals surface area contributed by atoms with Crippen LogP contribution in [0, 0.1) is 0 Å². The summed E-state index contributed by atoms with van der Waals surface area (Å²) in [5, 5.41) is 5.32. The Hall–Kier alpha value is -1.82. The summed E-state index contributed by atoms with van der Waals surface area (Å²) in [4.78, 5) is 26.0. The second-order valence-electron chi connectivity index (χ2n) is 2.95. The smallest absolute Gasteiger partial charge is 0.253 e. The Labute approximate surface area is 97.2 Å². The van der Waals surface area contributed by atoms with Crippen molar-refractivity contribution in [2.45, 2.75) is 0 Å². The molecule has 4 N–H and O–H groups in total. The molecule has 0 bridgehead atoms. The molecule has 0 aliphatic carbocycles. The minimum atomic E-state index is -0.618. The zero-order valence-corrected chi connectivity index (χ0v) is 9.34. The fourth-order valence-corrected chi connectivity index (χ4v) is 1.20. The number of nitrogens with one attached hydrogen (secondary N) is 2. The molecule has 7 heteroatoms. The van der Waals surface area contributed by atoms with E-state index in [4.69, 9.17) is 17.3 Å². The maximum atomic E-state index is 11.6. The number of anilines is 1. The van der Waals surface area contributed by atoms with E-state index in [1.807, 2.05) is 0 Å². The molecule has 86 valence electrons. The van der Waals surface area contributed by atoms with Gasteiger partial charge in [-0.1, -0.05) is 11.6 Å². The molecule has 1 aromatic heterocycles. The van der Waals surface area contributed by atoms with E-state index >= 15 is 0 Å². The Bertz CT molecular complexity index is 422. The van der Waals surface area contributed by atoms with E-state index in [1.54, 1.807) is 7.05 Å². The molecule has 1 rings (SSSR count). The van der Waals surface area contributed by atoms with Gasteiger partial charge >= 0.3 is 0 Å². The van der Waals surface area contributed by atoms with Crippen LogP contribution in [0.25, 0.3) is 0 Å². The largest absolute Gasteiger partial charge is 0.373 e. The number of hydrogen-bond acceptors (Lipinski definition) is 4. The number of hydrogen-bond donors (Lipinski definition) is 3. The number of carbonyl (C=O) groups is 2. The molecule has 0 aliphatic heterocycles. The molecule has 0 spiro atoms. The van der Waals surface area contributed by atoms with Crippen molar-refractivity contribution in [3.8, 4) is 0 Å². The first kappa shape index (κ1) is 12.3. The second-order valence-corrected chi connectivity index (χ2v) is 3.36. The Morgan fingerprint density at radius 3 is 2.81 bits per heavy atom. The van der Waals surface area contributed by atoms with E-state index in [1.165, 1.54) is 12.3 Å². The second kappa shape index (κ2) is 5.32. The molecule has 1 aromatic rings. The summed E-state index contributed by atoms with van der Waals surface area (Å²) in [5.41, 5.74) is 5.14. The summed E-state index contributed by atoms with van der Waals surface area (Å²) < 4.78 is 0. The van der Waals surface area contributed by atoms with Crippen molar-refractivity contribution in [2.24, 2.45) is 5.73 Å². The highest BCUT2D eigenvalue weighted by Gasteiger charge is 2.12. The van der Waals surface area contributed by atoms with Gasteiger partial charge in [0, 0.05) is 13.2 Å². The van der Waals surface area contributed by atoms with E-state index in [0.717, 1.165) is 0 Å². The fraction of sp³-hybridized carbons (Fsp3) is 0.222. The van der Waals surface area contributed by atoms with Gasteiger partial charge in [-0.3, -0.25) is 9.59 Å². The first-order valence-corrected chi connectivity index (χ1v) is 4.82. The van der Waals surface area contributed by atoms with Crippen LogP contribution in [0.15, 0.2) is 12.3 Å². The number of rotatable bonds is 4. The van der Waals surface area contributed by atoms with Gasteiger partial charge in [0.05, 0.1) is 17.1 Å². The molecule has 0 aromatic carbocycles. The maximum absolute atomic E-state index is 11.6. The Morgan fingerprint density at radius 1 is 1.56 bits per heavy atom. The zero-order valence-electron chi connectivity index (χ0n) is 8.58. The van der Waals surface area contributed by atoms with Gasteiger partial charge in [-0.2, -0.15) is 0 Å². The highest BCUT2D eigenvalue weighted by atomic mass is 35.5. The number of amides is 2. The molecule has 2 amide bonds. The standard InChI is InChI=1S/C9H11ClN4O2/c1-12-8-2-5(6(10)3-13-8)9(16)14-4-7(11)15/h2-3H,4H2,1H3,(H2,11,15)(H,12,13)(H,14,16). The first-order valence-electron chi connectivity index (χ1n) is 4.44. The van der Waals surface area contributed by atoms with Gasteiger partial charge in [0.15, 0.2) is 0 Å². The topological polar surface area (TPSA) is 97.1 Å². The molecule has 0 saturated carbocycles. The summed E-state index contributed by atoms with van der Waals surface area (Å²) in [7, 11) is 1.67. The van der Waals surface area contributed by atoms with Crippen molar-refractivity contribution < 1.29 is 9.59 Å². The van der Waals surface area contributed by atoms with Crippen molar-refractivity contribution >= 4 is 29.2 Å². The van der Waals surface area contributed by atoms with Crippen molar-refractivity contribution in [3.05, 3.63) is 22.8 Å². The highest BCUT2D eigenvalue weighted by Crippen LogP contribution is 2.17. The van der Waals surface area contributed by atoms with Crippen molar-refractivity contribution in [2.75, 3.05) is 18.9 Å². The lowest BCUT2D eigenvalue weighted by Gasteiger charge is -2.06. The van der Waals surface area contributed by atoms with Crippen LogP contribution in [0.3, 0.4) is 0 Å². The van der Waals surface area contributed by atoms with E-state index in [-0.39, 0.29) is 17.1 Å². The molecule has 0 radical (unpaired) electrons. The van der Waals surface area contributed by atoms with Gasteiger partial charge in [-0.25, -0.2) is 4.98 Å². The zero-order chi connectivity index (χ0) is 12.1. The van der Waals surface area contributed by atoms with Crippen LogP contribution in [-0.4, -0.2) is 30.4 Å². The molecule has 16 heavy (non-hydrogen) atoms. The first-order chi connectivity index (χ1) is 7.54. The third-order valence-corrected chi connectivity index (χ3v) is 2.08. The van der Waals surface area contributed by atoms with Gasteiger partial charge < -0.3 is 16.4 Å². The number of primary amides is 1. The monoisotopic (exact) mass is 242 g/mol. The van der Waals surface area contributed by atoms with Gasteiger partial charge in [0.25, 0.3) is 5.91 Å². The number of nitrogens with two attached hydrogens (primary N) is 1. The Morgan fingerprint density at radius 2 is 2.25 bits per heavy atom. The third kappa shape index (κ3) is 3.09. The summed E-state index contributed by atoms with van der Waals surface area (Å²) >= 11 is 5.80. The maximum Gasteiger partial charge on any atom is 0.253 e. The molecule has 0 aliphatic rings. The summed E-state index contributed by atoms with van der Waals surface area (Å²) in [6.07, 6.45) is 1.35. The molecule has 6 nitrogen and oxygen atoms in total.